The first-order chi connectivity index (χ1) is 19.6. The fourth-order valence-corrected chi connectivity index (χ4v) is 5.36. The van der Waals surface area contributed by atoms with E-state index in [-0.39, 0.29) is 6.79 Å². The van der Waals surface area contributed by atoms with Crippen LogP contribution in [0.5, 0.6) is 11.6 Å². The second-order valence-electron chi connectivity index (χ2n) is 9.52. The number of aromatic nitrogens is 1. The van der Waals surface area contributed by atoms with Crippen molar-refractivity contribution in [3.05, 3.63) is 93.0 Å². The van der Waals surface area contributed by atoms with Crippen molar-refractivity contribution in [2.75, 3.05) is 51.0 Å². The molecule has 208 valence electrons. The average molecular weight is 672 g/mol. The second kappa shape index (κ2) is 14.0. The summed E-state index contributed by atoms with van der Waals surface area (Å²) in [6, 6.07) is 24.6. The molecule has 0 unspecified atom stereocenters. The quantitative estimate of drug-likeness (QED) is 0.0765. The fourth-order valence-electron chi connectivity index (χ4n) is 4.63. The van der Waals surface area contributed by atoms with Gasteiger partial charge in [0.05, 0.1) is 28.4 Å². The minimum atomic E-state index is -0.439. The Morgan fingerprint density at radius 2 is 1.70 bits per heavy atom. The predicted octanol–water partition coefficient (Wildman–Crippen LogP) is 6.67. The lowest BCUT2D eigenvalue weighted by Crippen LogP contribution is -2.46. The first-order valence-corrected chi connectivity index (χ1v) is 14.8. The number of rotatable bonds is 11. The monoisotopic (exact) mass is 671 g/mol. The van der Waals surface area contributed by atoms with Crippen molar-refractivity contribution >= 4 is 56.8 Å². The molecule has 40 heavy (non-hydrogen) atoms. The molecule has 0 bridgehead atoms. The minimum Gasteiger partial charge on any atom is -0.494 e. The summed E-state index contributed by atoms with van der Waals surface area (Å²) < 4.78 is 17.8. The molecule has 1 aromatic heterocycles. The molecule has 7 nitrogen and oxygen atoms in total. The lowest BCUT2D eigenvalue weighted by Gasteiger charge is -2.36. The van der Waals surface area contributed by atoms with Crippen LogP contribution in [-0.4, -0.2) is 62.0 Å². The van der Waals surface area contributed by atoms with Gasteiger partial charge in [-0.2, -0.15) is 0 Å². The summed E-state index contributed by atoms with van der Waals surface area (Å²) in [7, 11) is 0. The highest BCUT2D eigenvalue weighted by Crippen LogP contribution is 2.31. The summed E-state index contributed by atoms with van der Waals surface area (Å²) in [4.78, 5) is 21.5. The molecule has 3 aromatic carbocycles. The second-order valence-corrected chi connectivity index (χ2v) is 11.1. The highest BCUT2D eigenvalue weighted by atomic mass is 127. The lowest BCUT2D eigenvalue weighted by molar-refractivity contribution is 0.0142. The Bertz CT molecular complexity index is 1430. The molecule has 0 saturated carbocycles. The van der Waals surface area contributed by atoms with Crippen LogP contribution in [-0.2, 0) is 4.74 Å². The summed E-state index contributed by atoms with van der Waals surface area (Å²) in [5, 5.41) is 1.83. The maximum Gasteiger partial charge on any atom is 0.340 e. The molecule has 0 N–H and O–H groups in total. The number of anilines is 1. The van der Waals surface area contributed by atoms with Crippen molar-refractivity contribution in [1.82, 2.24) is 9.88 Å². The van der Waals surface area contributed by atoms with Gasteiger partial charge in [0.25, 0.3) is 0 Å². The average Bonchev–Trinajstić information content (AvgIpc) is 2.99. The number of piperazine rings is 1. The van der Waals surface area contributed by atoms with Crippen molar-refractivity contribution in [2.45, 2.75) is 12.8 Å². The Morgan fingerprint density at radius 1 is 0.900 bits per heavy atom. The first-order valence-electron chi connectivity index (χ1n) is 13.4. The van der Waals surface area contributed by atoms with Crippen LogP contribution in [0.4, 0.5) is 5.69 Å². The predicted molar refractivity (Wildman–Crippen MR) is 167 cm³/mol. The number of benzene rings is 3. The Balaban J connectivity index is 1.02. The molecule has 0 spiro atoms. The van der Waals surface area contributed by atoms with Crippen LogP contribution in [0, 0.1) is 3.57 Å². The number of pyridine rings is 1. The number of fused-ring (bicyclic) bond motifs is 1. The number of ether oxygens (including phenoxy) is 3. The van der Waals surface area contributed by atoms with Gasteiger partial charge in [0.2, 0.25) is 12.7 Å². The third-order valence-electron chi connectivity index (χ3n) is 6.83. The summed E-state index contributed by atoms with van der Waals surface area (Å²) >= 11 is 8.81. The number of esters is 1. The molecule has 5 rings (SSSR count). The third-order valence-corrected chi connectivity index (χ3v) is 8.44. The van der Waals surface area contributed by atoms with E-state index in [4.69, 9.17) is 25.8 Å². The van der Waals surface area contributed by atoms with Crippen LogP contribution < -0.4 is 14.4 Å². The molecule has 0 radical (unpaired) electrons. The van der Waals surface area contributed by atoms with E-state index in [1.807, 2.05) is 36.4 Å². The molecule has 0 aliphatic carbocycles. The summed E-state index contributed by atoms with van der Waals surface area (Å²) in [6.07, 6.45) is 2.06. The lowest BCUT2D eigenvalue weighted by atomic mass is 10.2. The molecule has 1 fully saturated rings. The summed E-state index contributed by atoms with van der Waals surface area (Å²) in [5.74, 6) is 0.719. The van der Waals surface area contributed by atoms with Gasteiger partial charge < -0.3 is 19.1 Å². The zero-order valence-corrected chi connectivity index (χ0v) is 25.0. The standard InChI is InChI=1S/C31H31ClIN3O4/c32-30-26(33)9-6-10-28(30)36-18-16-35(17-19-36)15-4-5-20-38-25-13-11-23-12-14-29(34-27(23)21-25)39-22-40-31(37)24-7-2-1-3-8-24/h1-3,6-14,21H,4-5,15-20,22H2. The van der Waals surface area contributed by atoms with Gasteiger partial charge in [-0.15, -0.1) is 0 Å². The maximum atomic E-state index is 12.1. The molecule has 4 aromatic rings. The Labute approximate surface area is 253 Å². The zero-order chi connectivity index (χ0) is 27.7. The van der Waals surface area contributed by atoms with Crippen LogP contribution >= 0.6 is 34.2 Å². The van der Waals surface area contributed by atoms with Crippen LogP contribution in [0.25, 0.3) is 10.9 Å². The van der Waals surface area contributed by atoms with Crippen molar-refractivity contribution in [3.8, 4) is 11.6 Å². The summed E-state index contributed by atoms with van der Waals surface area (Å²) in [6.45, 7) is 5.55. The molecule has 0 amide bonds. The molecule has 1 aliphatic heterocycles. The van der Waals surface area contributed by atoms with E-state index in [1.54, 1.807) is 30.3 Å². The van der Waals surface area contributed by atoms with E-state index >= 15 is 0 Å². The van der Waals surface area contributed by atoms with Crippen molar-refractivity contribution < 1.29 is 19.0 Å². The largest absolute Gasteiger partial charge is 0.494 e. The van der Waals surface area contributed by atoms with E-state index in [0.29, 0.717) is 18.1 Å². The normalized spacial score (nSPS) is 13.8. The first kappa shape index (κ1) is 28.4. The third kappa shape index (κ3) is 7.56. The highest BCUT2D eigenvalue weighted by molar-refractivity contribution is 14.1. The van der Waals surface area contributed by atoms with E-state index < -0.39 is 5.97 Å². The number of halogens is 2. The highest BCUT2D eigenvalue weighted by Gasteiger charge is 2.19. The number of carbonyl (C=O) groups is 1. The topological polar surface area (TPSA) is 64.1 Å². The smallest absolute Gasteiger partial charge is 0.340 e. The van der Waals surface area contributed by atoms with Crippen molar-refractivity contribution in [1.29, 1.82) is 0 Å². The number of unbranched alkanes of at least 4 members (excludes halogenated alkanes) is 1. The van der Waals surface area contributed by atoms with Gasteiger partial charge >= 0.3 is 5.97 Å². The van der Waals surface area contributed by atoms with Crippen LogP contribution in [0.2, 0.25) is 5.02 Å². The van der Waals surface area contributed by atoms with Gasteiger partial charge in [0.1, 0.15) is 5.75 Å². The Kier molecular flexibility index (Phi) is 9.96. The number of hydrogen-bond acceptors (Lipinski definition) is 7. The van der Waals surface area contributed by atoms with Gasteiger partial charge in [-0.25, -0.2) is 9.78 Å². The maximum absolute atomic E-state index is 12.1. The van der Waals surface area contributed by atoms with Gasteiger partial charge in [0, 0.05) is 47.3 Å². The molecular weight excluding hydrogens is 641 g/mol. The van der Waals surface area contributed by atoms with E-state index in [0.717, 1.165) is 76.5 Å². The van der Waals surface area contributed by atoms with Gasteiger partial charge in [0.15, 0.2) is 0 Å². The number of carbonyl (C=O) groups excluding carboxylic acids is 1. The number of hydrogen-bond donors (Lipinski definition) is 0. The van der Waals surface area contributed by atoms with Gasteiger partial charge in [-0.1, -0.05) is 35.9 Å². The van der Waals surface area contributed by atoms with Crippen molar-refractivity contribution in [2.24, 2.45) is 0 Å². The fraction of sp³-hybridized carbons (Fsp3) is 0.290. The molecule has 2 heterocycles. The Hall–Kier alpha value is -3.08. The van der Waals surface area contributed by atoms with Gasteiger partial charge in [-0.05, 0) is 84.4 Å². The van der Waals surface area contributed by atoms with Crippen molar-refractivity contribution in [3.63, 3.8) is 0 Å². The minimum absolute atomic E-state index is 0.211. The Morgan fingerprint density at radius 3 is 2.52 bits per heavy atom. The SMILES string of the molecule is O=C(OCOc1ccc2ccc(OCCCCN3CCN(c4cccc(I)c4Cl)CC3)cc2n1)c1ccccc1. The van der Waals surface area contributed by atoms with Crippen LogP contribution in [0.1, 0.15) is 23.2 Å². The zero-order valence-electron chi connectivity index (χ0n) is 22.1. The van der Waals surface area contributed by atoms with E-state index in [9.17, 15) is 4.79 Å². The van der Waals surface area contributed by atoms with Crippen LogP contribution in [0.3, 0.4) is 0 Å². The van der Waals surface area contributed by atoms with Gasteiger partial charge in [-0.3, -0.25) is 4.90 Å². The molecule has 1 aliphatic rings. The van der Waals surface area contributed by atoms with E-state index in [2.05, 4.69) is 49.5 Å². The molecule has 9 heteroatoms. The molecule has 1 saturated heterocycles. The summed E-state index contributed by atoms with van der Waals surface area (Å²) in [5.41, 5.74) is 2.37. The van der Waals surface area contributed by atoms with E-state index in [1.165, 1.54) is 0 Å². The molecule has 0 atom stereocenters. The van der Waals surface area contributed by atoms with Crippen LogP contribution in [0.15, 0.2) is 78.9 Å². The number of nitrogens with zero attached hydrogens (tertiary/aromatic N) is 3. The molecular formula is C31H31ClIN3O4.